The predicted octanol–water partition coefficient (Wildman–Crippen LogP) is 5.59. The minimum atomic E-state index is 0.591. The van der Waals surface area contributed by atoms with E-state index in [-0.39, 0.29) is 0 Å². The van der Waals surface area contributed by atoms with Crippen molar-refractivity contribution in [3.8, 4) is 16.9 Å². The van der Waals surface area contributed by atoms with E-state index < -0.39 is 0 Å². The van der Waals surface area contributed by atoms with Crippen LogP contribution in [-0.4, -0.2) is 21.4 Å². The molecular weight excluding hydrogens is 390 g/mol. The van der Waals surface area contributed by atoms with Crippen molar-refractivity contribution in [3.63, 3.8) is 0 Å². The summed E-state index contributed by atoms with van der Waals surface area (Å²) in [4.78, 5) is 0. The van der Waals surface area contributed by atoms with Crippen LogP contribution in [0, 0.1) is 0 Å². The fourth-order valence-corrected chi connectivity index (χ4v) is 3.41. The molecule has 4 rings (SSSR count). The zero-order chi connectivity index (χ0) is 20.8. The molecule has 6 heteroatoms. The first-order chi connectivity index (χ1) is 14.7. The topological polar surface area (TPSA) is 53.9 Å². The summed E-state index contributed by atoms with van der Waals surface area (Å²) in [5, 5.41) is 15.4. The van der Waals surface area contributed by atoms with Gasteiger partial charge in [-0.1, -0.05) is 60.7 Å². The minimum Gasteiger partial charge on any atom is -0.363 e. The lowest BCUT2D eigenvalue weighted by Crippen LogP contribution is -2.28. The monoisotopic (exact) mass is 413 g/mol. The summed E-state index contributed by atoms with van der Waals surface area (Å²) in [6.07, 6.45) is 0. The molecule has 0 bridgehead atoms. The van der Waals surface area contributed by atoms with E-state index in [0.717, 1.165) is 40.7 Å². The highest BCUT2D eigenvalue weighted by Gasteiger charge is 2.13. The highest BCUT2D eigenvalue weighted by Crippen LogP contribution is 2.30. The number of para-hydroxylation sites is 3. The summed E-state index contributed by atoms with van der Waals surface area (Å²) < 4.78 is 1.92. The van der Waals surface area contributed by atoms with Crippen LogP contribution >= 0.6 is 12.2 Å². The number of anilines is 3. The molecule has 3 N–H and O–H groups in total. The molecule has 0 atom stereocenters. The molecule has 3 aromatic carbocycles. The SMILES string of the molecule is CCNC(=S)Nc1ccccc1Nc1cc(-c2ccccc2)nn1-c1ccccc1. The van der Waals surface area contributed by atoms with Crippen molar-refractivity contribution < 1.29 is 0 Å². The average Bonchev–Trinajstić information content (AvgIpc) is 3.20. The van der Waals surface area contributed by atoms with Crippen LogP contribution in [-0.2, 0) is 0 Å². The Bertz CT molecular complexity index is 1120. The van der Waals surface area contributed by atoms with Gasteiger partial charge in [-0.05, 0) is 43.4 Å². The van der Waals surface area contributed by atoms with Crippen molar-refractivity contribution in [2.45, 2.75) is 6.92 Å². The predicted molar refractivity (Wildman–Crippen MR) is 129 cm³/mol. The van der Waals surface area contributed by atoms with Gasteiger partial charge in [-0.2, -0.15) is 5.10 Å². The van der Waals surface area contributed by atoms with Gasteiger partial charge in [0.25, 0.3) is 0 Å². The average molecular weight is 414 g/mol. The lowest BCUT2D eigenvalue weighted by Gasteiger charge is -2.15. The first-order valence-electron chi connectivity index (χ1n) is 9.86. The summed E-state index contributed by atoms with van der Waals surface area (Å²) in [5.41, 5.74) is 4.75. The molecule has 150 valence electrons. The molecule has 1 aromatic heterocycles. The second kappa shape index (κ2) is 9.24. The van der Waals surface area contributed by atoms with E-state index in [1.807, 2.05) is 84.4 Å². The molecule has 4 aromatic rings. The Morgan fingerprint density at radius 2 is 1.50 bits per heavy atom. The smallest absolute Gasteiger partial charge is 0.170 e. The first kappa shape index (κ1) is 19.7. The third-order valence-corrected chi connectivity index (χ3v) is 4.80. The van der Waals surface area contributed by atoms with Crippen LogP contribution in [0.1, 0.15) is 6.92 Å². The number of rotatable bonds is 6. The molecular formula is C24H23N5S. The third-order valence-electron chi connectivity index (χ3n) is 4.56. The van der Waals surface area contributed by atoms with Crippen molar-refractivity contribution in [2.75, 3.05) is 17.2 Å². The fourth-order valence-electron chi connectivity index (χ4n) is 3.15. The molecule has 0 aliphatic carbocycles. The fraction of sp³-hybridized carbons (Fsp3) is 0.0833. The molecule has 5 nitrogen and oxygen atoms in total. The van der Waals surface area contributed by atoms with E-state index in [1.165, 1.54) is 0 Å². The normalized spacial score (nSPS) is 10.4. The second-order valence-electron chi connectivity index (χ2n) is 6.68. The Morgan fingerprint density at radius 1 is 0.867 bits per heavy atom. The van der Waals surface area contributed by atoms with Crippen LogP contribution in [0.4, 0.5) is 17.2 Å². The third kappa shape index (κ3) is 4.50. The lowest BCUT2D eigenvalue weighted by atomic mass is 10.1. The van der Waals surface area contributed by atoms with Crippen molar-refractivity contribution in [1.29, 1.82) is 0 Å². The van der Waals surface area contributed by atoms with E-state index in [0.29, 0.717) is 5.11 Å². The van der Waals surface area contributed by atoms with Gasteiger partial charge in [0, 0.05) is 18.2 Å². The molecule has 0 saturated carbocycles. The lowest BCUT2D eigenvalue weighted by molar-refractivity contribution is 0.892. The number of hydrogen-bond acceptors (Lipinski definition) is 3. The van der Waals surface area contributed by atoms with Gasteiger partial charge in [0.15, 0.2) is 5.11 Å². The Labute approximate surface area is 181 Å². The van der Waals surface area contributed by atoms with Gasteiger partial charge in [0.2, 0.25) is 0 Å². The van der Waals surface area contributed by atoms with E-state index in [4.69, 9.17) is 17.3 Å². The number of hydrogen-bond donors (Lipinski definition) is 3. The van der Waals surface area contributed by atoms with Crippen LogP contribution in [0.15, 0.2) is 91.0 Å². The van der Waals surface area contributed by atoms with Gasteiger partial charge in [-0.15, -0.1) is 0 Å². The Hall–Kier alpha value is -3.64. The van der Waals surface area contributed by atoms with Gasteiger partial charge in [0.1, 0.15) is 5.82 Å². The molecule has 0 unspecified atom stereocenters. The number of benzene rings is 3. The highest BCUT2D eigenvalue weighted by molar-refractivity contribution is 7.80. The largest absolute Gasteiger partial charge is 0.363 e. The number of thiocarbonyl (C=S) groups is 1. The maximum absolute atomic E-state index is 5.36. The summed E-state index contributed by atoms with van der Waals surface area (Å²) in [6, 6.07) is 30.3. The van der Waals surface area contributed by atoms with Gasteiger partial charge in [-0.3, -0.25) is 0 Å². The maximum atomic E-state index is 5.36. The van der Waals surface area contributed by atoms with Crippen molar-refractivity contribution in [3.05, 3.63) is 91.0 Å². The van der Waals surface area contributed by atoms with Crippen LogP contribution in [0.3, 0.4) is 0 Å². The molecule has 0 radical (unpaired) electrons. The van der Waals surface area contributed by atoms with Crippen LogP contribution in [0.2, 0.25) is 0 Å². The number of aromatic nitrogens is 2. The summed E-state index contributed by atoms with van der Waals surface area (Å²) in [5.74, 6) is 0.865. The molecule has 0 spiro atoms. The summed E-state index contributed by atoms with van der Waals surface area (Å²) >= 11 is 5.36. The zero-order valence-electron chi connectivity index (χ0n) is 16.7. The molecule has 0 saturated heterocycles. The van der Waals surface area contributed by atoms with Gasteiger partial charge in [0.05, 0.1) is 22.8 Å². The standard InChI is InChI=1S/C24H23N5S/c1-2-25-24(30)27-21-16-10-9-15-20(21)26-23-17-22(18-11-5-3-6-12-18)28-29(23)19-13-7-4-8-14-19/h3-17,26H,2H2,1H3,(H2,25,27,30). The van der Waals surface area contributed by atoms with Crippen molar-refractivity contribution in [1.82, 2.24) is 15.1 Å². The number of nitrogens with one attached hydrogen (secondary N) is 3. The Morgan fingerprint density at radius 3 is 2.20 bits per heavy atom. The molecule has 30 heavy (non-hydrogen) atoms. The summed E-state index contributed by atoms with van der Waals surface area (Å²) in [6.45, 7) is 2.78. The number of nitrogens with zero attached hydrogens (tertiary/aromatic N) is 2. The van der Waals surface area contributed by atoms with Crippen LogP contribution in [0.5, 0.6) is 0 Å². The van der Waals surface area contributed by atoms with E-state index >= 15 is 0 Å². The summed E-state index contributed by atoms with van der Waals surface area (Å²) in [7, 11) is 0. The van der Waals surface area contributed by atoms with E-state index in [1.54, 1.807) is 0 Å². The quantitative estimate of drug-likeness (QED) is 0.360. The minimum absolute atomic E-state index is 0.591. The van der Waals surface area contributed by atoms with E-state index in [9.17, 15) is 0 Å². The van der Waals surface area contributed by atoms with Crippen LogP contribution in [0.25, 0.3) is 16.9 Å². The van der Waals surface area contributed by atoms with Crippen molar-refractivity contribution >= 4 is 34.5 Å². The maximum Gasteiger partial charge on any atom is 0.170 e. The molecule has 1 heterocycles. The molecule has 0 aliphatic rings. The molecule has 0 aliphatic heterocycles. The Kier molecular flexibility index (Phi) is 6.06. The zero-order valence-corrected chi connectivity index (χ0v) is 17.5. The first-order valence-corrected chi connectivity index (χ1v) is 10.3. The van der Waals surface area contributed by atoms with E-state index in [2.05, 4.69) is 34.1 Å². The van der Waals surface area contributed by atoms with Gasteiger partial charge >= 0.3 is 0 Å². The van der Waals surface area contributed by atoms with Crippen molar-refractivity contribution in [2.24, 2.45) is 0 Å². The highest BCUT2D eigenvalue weighted by atomic mass is 32.1. The second-order valence-corrected chi connectivity index (χ2v) is 7.09. The molecule has 0 amide bonds. The van der Waals surface area contributed by atoms with Gasteiger partial charge in [-0.25, -0.2) is 4.68 Å². The van der Waals surface area contributed by atoms with Crippen LogP contribution < -0.4 is 16.0 Å². The van der Waals surface area contributed by atoms with Gasteiger partial charge < -0.3 is 16.0 Å². The molecule has 0 fully saturated rings. The Balaban J connectivity index is 1.72.